The standard InChI is InChI=1S/C26H28F3N3O3/c1-4-12-32(16-19-6-11-23(18(3)13-19)35-17-25(33)34-5-2)24-15-30-14-22(31-24)20-7-9-21(10-8-20)26(27,28)29/h6-11,13-15H,4-5,12,16-17H2,1-3H3. The van der Waals surface area contributed by atoms with Crippen LogP contribution < -0.4 is 9.64 Å². The Morgan fingerprint density at radius 3 is 2.43 bits per heavy atom. The van der Waals surface area contributed by atoms with Crippen molar-refractivity contribution < 1.29 is 27.4 Å². The molecule has 35 heavy (non-hydrogen) atoms. The third kappa shape index (κ3) is 7.18. The van der Waals surface area contributed by atoms with E-state index in [1.807, 2.05) is 25.1 Å². The van der Waals surface area contributed by atoms with E-state index in [1.54, 1.807) is 13.1 Å². The Balaban J connectivity index is 1.76. The van der Waals surface area contributed by atoms with Gasteiger partial charge in [-0.25, -0.2) is 9.78 Å². The van der Waals surface area contributed by atoms with Gasteiger partial charge in [0.05, 0.1) is 30.3 Å². The Morgan fingerprint density at radius 2 is 1.80 bits per heavy atom. The van der Waals surface area contributed by atoms with Crippen LogP contribution in [0.15, 0.2) is 54.9 Å². The van der Waals surface area contributed by atoms with E-state index in [0.717, 1.165) is 29.7 Å². The summed E-state index contributed by atoms with van der Waals surface area (Å²) >= 11 is 0. The number of benzene rings is 2. The molecule has 9 heteroatoms. The van der Waals surface area contributed by atoms with Crippen molar-refractivity contribution in [3.05, 3.63) is 71.5 Å². The molecule has 1 aromatic heterocycles. The lowest BCUT2D eigenvalue weighted by Crippen LogP contribution is -2.25. The largest absolute Gasteiger partial charge is 0.482 e. The van der Waals surface area contributed by atoms with Gasteiger partial charge in [-0.05, 0) is 49.6 Å². The van der Waals surface area contributed by atoms with Gasteiger partial charge in [0.1, 0.15) is 11.6 Å². The summed E-state index contributed by atoms with van der Waals surface area (Å²) in [5.74, 6) is 0.814. The molecule has 1 heterocycles. The van der Waals surface area contributed by atoms with Gasteiger partial charge in [-0.2, -0.15) is 13.2 Å². The van der Waals surface area contributed by atoms with Gasteiger partial charge in [0, 0.05) is 18.7 Å². The molecule has 0 amide bonds. The second kappa shape index (κ2) is 11.7. The van der Waals surface area contributed by atoms with E-state index < -0.39 is 17.7 Å². The quantitative estimate of drug-likeness (QED) is 0.335. The van der Waals surface area contributed by atoms with Crippen molar-refractivity contribution >= 4 is 11.8 Å². The van der Waals surface area contributed by atoms with Crippen LogP contribution in [0.1, 0.15) is 37.0 Å². The normalized spacial score (nSPS) is 11.3. The first kappa shape index (κ1) is 26.0. The first-order valence-corrected chi connectivity index (χ1v) is 11.3. The number of aromatic nitrogens is 2. The van der Waals surface area contributed by atoms with Crippen LogP contribution in [-0.2, 0) is 22.3 Å². The molecule has 0 aliphatic heterocycles. The van der Waals surface area contributed by atoms with Crippen molar-refractivity contribution in [3.63, 3.8) is 0 Å². The number of halogens is 3. The average Bonchev–Trinajstić information content (AvgIpc) is 2.83. The fourth-order valence-electron chi connectivity index (χ4n) is 3.55. The Bertz CT molecular complexity index is 1130. The molecule has 0 spiro atoms. The van der Waals surface area contributed by atoms with Crippen LogP contribution in [0.4, 0.5) is 19.0 Å². The minimum Gasteiger partial charge on any atom is -0.482 e. The van der Waals surface area contributed by atoms with Crippen molar-refractivity contribution in [3.8, 4) is 17.0 Å². The Hall–Kier alpha value is -3.62. The maximum Gasteiger partial charge on any atom is 0.416 e. The molecule has 0 bridgehead atoms. The van der Waals surface area contributed by atoms with Crippen molar-refractivity contribution in [2.24, 2.45) is 0 Å². The molecule has 0 atom stereocenters. The molecule has 0 N–H and O–H groups in total. The van der Waals surface area contributed by atoms with Crippen LogP contribution in [0, 0.1) is 6.92 Å². The summed E-state index contributed by atoms with van der Waals surface area (Å²) in [5, 5.41) is 0. The van der Waals surface area contributed by atoms with E-state index in [0.29, 0.717) is 42.5 Å². The van der Waals surface area contributed by atoms with Gasteiger partial charge < -0.3 is 14.4 Å². The van der Waals surface area contributed by atoms with Crippen LogP contribution in [0.5, 0.6) is 5.75 Å². The van der Waals surface area contributed by atoms with Crippen molar-refractivity contribution in [2.75, 3.05) is 24.7 Å². The fourth-order valence-corrected chi connectivity index (χ4v) is 3.55. The molecule has 0 fully saturated rings. The number of carbonyl (C=O) groups is 1. The second-order valence-corrected chi connectivity index (χ2v) is 7.95. The number of hydrogen-bond acceptors (Lipinski definition) is 6. The third-order valence-corrected chi connectivity index (χ3v) is 5.21. The molecule has 3 aromatic rings. The summed E-state index contributed by atoms with van der Waals surface area (Å²) in [6, 6.07) is 10.6. The highest BCUT2D eigenvalue weighted by Gasteiger charge is 2.30. The third-order valence-electron chi connectivity index (χ3n) is 5.21. The number of nitrogens with zero attached hydrogens (tertiary/aromatic N) is 3. The maximum absolute atomic E-state index is 12.9. The van der Waals surface area contributed by atoms with Gasteiger partial charge in [-0.1, -0.05) is 31.2 Å². The summed E-state index contributed by atoms with van der Waals surface area (Å²) in [6.07, 6.45) is -0.337. The van der Waals surface area contributed by atoms with E-state index >= 15 is 0 Å². The molecular weight excluding hydrogens is 459 g/mol. The number of anilines is 1. The molecule has 186 valence electrons. The highest BCUT2D eigenvalue weighted by Crippen LogP contribution is 2.31. The Morgan fingerprint density at radius 1 is 1.06 bits per heavy atom. The van der Waals surface area contributed by atoms with Gasteiger partial charge >= 0.3 is 12.1 Å². The molecule has 3 rings (SSSR count). The van der Waals surface area contributed by atoms with Crippen molar-refractivity contribution in [1.82, 2.24) is 9.97 Å². The van der Waals surface area contributed by atoms with Crippen LogP contribution in [-0.4, -0.2) is 35.7 Å². The van der Waals surface area contributed by atoms with Gasteiger partial charge in [-0.3, -0.25) is 4.98 Å². The van der Waals surface area contributed by atoms with E-state index in [-0.39, 0.29) is 6.61 Å². The lowest BCUT2D eigenvalue weighted by Gasteiger charge is -2.24. The van der Waals surface area contributed by atoms with Gasteiger partial charge in [-0.15, -0.1) is 0 Å². The Kier molecular flexibility index (Phi) is 8.68. The second-order valence-electron chi connectivity index (χ2n) is 7.95. The monoisotopic (exact) mass is 487 g/mol. The van der Waals surface area contributed by atoms with Crippen molar-refractivity contribution in [1.29, 1.82) is 0 Å². The first-order valence-electron chi connectivity index (χ1n) is 11.3. The van der Waals surface area contributed by atoms with Crippen molar-refractivity contribution in [2.45, 2.75) is 39.9 Å². The smallest absolute Gasteiger partial charge is 0.416 e. The van der Waals surface area contributed by atoms with Crippen LogP contribution in [0.3, 0.4) is 0 Å². The molecule has 0 saturated heterocycles. The summed E-state index contributed by atoms with van der Waals surface area (Å²) in [5.41, 5.74) is 2.25. The number of alkyl halides is 3. The summed E-state index contributed by atoms with van der Waals surface area (Å²) in [4.78, 5) is 22.5. The molecule has 0 saturated carbocycles. The molecule has 2 aromatic carbocycles. The lowest BCUT2D eigenvalue weighted by molar-refractivity contribution is -0.145. The number of esters is 1. The van der Waals surface area contributed by atoms with Crippen LogP contribution in [0.2, 0.25) is 0 Å². The summed E-state index contributed by atoms with van der Waals surface area (Å²) < 4.78 is 49.1. The minimum absolute atomic E-state index is 0.150. The number of rotatable bonds is 10. The average molecular weight is 488 g/mol. The summed E-state index contributed by atoms with van der Waals surface area (Å²) in [7, 11) is 0. The lowest BCUT2D eigenvalue weighted by atomic mass is 10.1. The first-order chi connectivity index (χ1) is 16.7. The van der Waals surface area contributed by atoms with E-state index in [1.165, 1.54) is 18.3 Å². The molecular formula is C26H28F3N3O3. The predicted molar refractivity (Wildman–Crippen MR) is 127 cm³/mol. The van der Waals surface area contributed by atoms with Gasteiger partial charge in [0.25, 0.3) is 0 Å². The van der Waals surface area contributed by atoms with Gasteiger partial charge in [0.2, 0.25) is 0 Å². The highest BCUT2D eigenvalue weighted by molar-refractivity contribution is 5.71. The highest BCUT2D eigenvalue weighted by atomic mass is 19.4. The number of carbonyl (C=O) groups excluding carboxylic acids is 1. The molecule has 0 aliphatic carbocycles. The fraction of sp³-hybridized carbons (Fsp3) is 0.346. The number of aryl methyl sites for hydroxylation is 1. The SMILES string of the molecule is CCCN(Cc1ccc(OCC(=O)OCC)c(C)c1)c1cncc(-c2ccc(C(F)(F)F)cc2)n1. The van der Waals surface area contributed by atoms with E-state index in [4.69, 9.17) is 9.47 Å². The minimum atomic E-state index is -4.39. The van der Waals surface area contributed by atoms with E-state index in [9.17, 15) is 18.0 Å². The maximum atomic E-state index is 12.9. The molecule has 0 aliphatic rings. The molecule has 0 radical (unpaired) electrons. The number of hydrogen-bond donors (Lipinski definition) is 0. The summed E-state index contributed by atoms with van der Waals surface area (Å²) in [6.45, 7) is 7.11. The predicted octanol–water partition coefficient (Wildman–Crippen LogP) is 5.83. The van der Waals surface area contributed by atoms with Crippen LogP contribution in [0.25, 0.3) is 11.3 Å². The number of ether oxygens (including phenoxy) is 2. The topological polar surface area (TPSA) is 64.5 Å². The van der Waals surface area contributed by atoms with E-state index in [2.05, 4.69) is 21.8 Å². The van der Waals surface area contributed by atoms with Gasteiger partial charge in [0.15, 0.2) is 6.61 Å². The molecule has 0 unspecified atom stereocenters. The zero-order valence-corrected chi connectivity index (χ0v) is 19.9. The zero-order chi connectivity index (χ0) is 25.4. The molecule has 6 nitrogen and oxygen atoms in total. The zero-order valence-electron chi connectivity index (χ0n) is 19.9. The Labute approximate surface area is 202 Å². The van der Waals surface area contributed by atoms with Crippen LogP contribution >= 0.6 is 0 Å².